The van der Waals surface area contributed by atoms with Crippen LogP contribution in [0.15, 0.2) is 18.2 Å². The van der Waals surface area contributed by atoms with Crippen molar-refractivity contribution in [2.75, 3.05) is 0 Å². The standard InChI is InChI=1S/C14H20O2/c1-10(2)13(15)6-4-5-12-7-8-14(16)11(3)9-12/h7-10,16H,4-6H2,1-3H3. The smallest absolute Gasteiger partial charge is 0.135 e. The number of rotatable bonds is 5. The maximum Gasteiger partial charge on any atom is 0.135 e. The van der Waals surface area contributed by atoms with Gasteiger partial charge in [-0.05, 0) is 37.0 Å². The minimum atomic E-state index is 0.140. The van der Waals surface area contributed by atoms with Crippen molar-refractivity contribution in [3.8, 4) is 5.75 Å². The molecule has 0 saturated carbocycles. The highest BCUT2D eigenvalue weighted by atomic mass is 16.3. The normalized spacial score (nSPS) is 10.8. The number of phenols is 1. The van der Waals surface area contributed by atoms with E-state index in [1.165, 1.54) is 5.56 Å². The van der Waals surface area contributed by atoms with E-state index in [-0.39, 0.29) is 5.92 Å². The lowest BCUT2D eigenvalue weighted by Gasteiger charge is -2.05. The summed E-state index contributed by atoms with van der Waals surface area (Å²) >= 11 is 0. The van der Waals surface area contributed by atoms with Crippen LogP contribution in [-0.2, 0) is 11.2 Å². The van der Waals surface area contributed by atoms with E-state index in [0.717, 1.165) is 18.4 Å². The molecular weight excluding hydrogens is 200 g/mol. The molecule has 0 saturated heterocycles. The van der Waals surface area contributed by atoms with Gasteiger partial charge in [0, 0.05) is 12.3 Å². The lowest BCUT2D eigenvalue weighted by Crippen LogP contribution is -2.06. The van der Waals surface area contributed by atoms with E-state index in [1.807, 2.05) is 32.9 Å². The van der Waals surface area contributed by atoms with Crippen molar-refractivity contribution in [2.45, 2.75) is 40.0 Å². The maximum atomic E-state index is 11.4. The zero-order valence-corrected chi connectivity index (χ0v) is 10.3. The summed E-state index contributed by atoms with van der Waals surface area (Å²) in [5, 5.41) is 9.38. The fourth-order valence-electron chi connectivity index (χ4n) is 1.63. The van der Waals surface area contributed by atoms with Gasteiger partial charge in [0.1, 0.15) is 11.5 Å². The summed E-state index contributed by atoms with van der Waals surface area (Å²) in [5.41, 5.74) is 2.08. The Morgan fingerprint density at radius 3 is 2.62 bits per heavy atom. The van der Waals surface area contributed by atoms with Crippen molar-refractivity contribution in [1.29, 1.82) is 0 Å². The molecule has 0 aromatic heterocycles. The SMILES string of the molecule is Cc1cc(CCCC(=O)C(C)C)ccc1O. The summed E-state index contributed by atoms with van der Waals surface area (Å²) in [7, 11) is 0. The molecule has 1 N–H and O–H groups in total. The second-order valence-corrected chi connectivity index (χ2v) is 4.60. The van der Waals surface area contributed by atoms with Crippen LogP contribution in [0, 0.1) is 12.8 Å². The fourth-order valence-corrected chi connectivity index (χ4v) is 1.63. The molecule has 0 radical (unpaired) electrons. The Kier molecular flexibility index (Phi) is 4.53. The van der Waals surface area contributed by atoms with Crippen LogP contribution in [0.2, 0.25) is 0 Å². The summed E-state index contributed by atoms with van der Waals surface area (Å²) < 4.78 is 0. The number of ketones is 1. The molecule has 1 aromatic carbocycles. The molecular formula is C14H20O2. The summed E-state index contributed by atoms with van der Waals surface area (Å²) in [6.45, 7) is 5.76. The topological polar surface area (TPSA) is 37.3 Å². The first-order valence-corrected chi connectivity index (χ1v) is 5.82. The number of hydrogen-bond acceptors (Lipinski definition) is 2. The number of hydrogen-bond donors (Lipinski definition) is 1. The molecule has 0 aliphatic heterocycles. The third-order valence-corrected chi connectivity index (χ3v) is 2.79. The van der Waals surface area contributed by atoms with Crippen molar-refractivity contribution >= 4 is 5.78 Å². The van der Waals surface area contributed by atoms with E-state index in [4.69, 9.17) is 0 Å². The quantitative estimate of drug-likeness (QED) is 0.827. The molecule has 2 heteroatoms. The van der Waals surface area contributed by atoms with E-state index in [1.54, 1.807) is 6.07 Å². The van der Waals surface area contributed by atoms with Gasteiger partial charge in [-0.25, -0.2) is 0 Å². The third kappa shape index (κ3) is 3.69. The van der Waals surface area contributed by atoms with Crippen LogP contribution < -0.4 is 0 Å². The lowest BCUT2D eigenvalue weighted by molar-refractivity contribution is -0.121. The Hall–Kier alpha value is -1.31. The van der Waals surface area contributed by atoms with E-state index in [2.05, 4.69) is 0 Å². The number of aryl methyl sites for hydroxylation is 2. The minimum Gasteiger partial charge on any atom is -0.508 e. The molecule has 0 fully saturated rings. The number of carbonyl (C=O) groups is 1. The van der Waals surface area contributed by atoms with Gasteiger partial charge in [-0.3, -0.25) is 4.79 Å². The van der Waals surface area contributed by atoms with Crippen molar-refractivity contribution in [1.82, 2.24) is 0 Å². The van der Waals surface area contributed by atoms with Gasteiger partial charge in [-0.1, -0.05) is 26.0 Å². The fraction of sp³-hybridized carbons (Fsp3) is 0.500. The highest BCUT2D eigenvalue weighted by Gasteiger charge is 2.06. The van der Waals surface area contributed by atoms with Crippen LogP contribution in [0.3, 0.4) is 0 Å². The van der Waals surface area contributed by atoms with Crippen molar-refractivity contribution < 1.29 is 9.90 Å². The van der Waals surface area contributed by atoms with Gasteiger partial charge < -0.3 is 5.11 Å². The van der Waals surface area contributed by atoms with E-state index < -0.39 is 0 Å². The third-order valence-electron chi connectivity index (χ3n) is 2.79. The van der Waals surface area contributed by atoms with Crippen LogP contribution in [-0.4, -0.2) is 10.9 Å². The van der Waals surface area contributed by atoms with E-state index in [9.17, 15) is 9.90 Å². The molecule has 1 aromatic rings. The Labute approximate surface area is 97.3 Å². The molecule has 0 aliphatic rings. The molecule has 1 rings (SSSR count). The zero-order chi connectivity index (χ0) is 12.1. The molecule has 0 atom stereocenters. The second-order valence-electron chi connectivity index (χ2n) is 4.60. The van der Waals surface area contributed by atoms with Crippen LogP contribution in [0.4, 0.5) is 0 Å². The first-order valence-electron chi connectivity index (χ1n) is 5.82. The first-order chi connectivity index (χ1) is 7.50. The zero-order valence-electron chi connectivity index (χ0n) is 10.3. The van der Waals surface area contributed by atoms with Gasteiger partial charge in [0.05, 0.1) is 0 Å². The Bertz CT molecular complexity index is 367. The molecule has 16 heavy (non-hydrogen) atoms. The van der Waals surface area contributed by atoms with Crippen LogP contribution in [0.25, 0.3) is 0 Å². The summed E-state index contributed by atoms with van der Waals surface area (Å²) in [6, 6.07) is 5.62. The average Bonchev–Trinajstić information content (AvgIpc) is 2.23. The number of aromatic hydroxyl groups is 1. The lowest BCUT2D eigenvalue weighted by atomic mass is 10.00. The molecule has 0 spiro atoms. The van der Waals surface area contributed by atoms with Gasteiger partial charge in [-0.2, -0.15) is 0 Å². The molecule has 2 nitrogen and oxygen atoms in total. The van der Waals surface area contributed by atoms with Gasteiger partial charge >= 0.3 is 0 Å². The van der Waals surface area contributed by atoms with Crippen molar-refractivity contribution in [3.63, 3.8) is 0 Å². The average molecular weight is 220 g/mol. The molecule has 0 unspecified atom stereocenters. The summed E-state index contributed by atoms with van der Waals surface area (Å²) in [5.74, 6) is 0.805. The number of phenolic OH excluding ortho intramolecular Hbond substituents is 1. The first kappa shape index (κ1) is 12.8. The van der Waals surface area contributed by atoms with Crippen molar-refractivity contribution in [2.24, 2.45) is 5.92 Å². The van der Waals surface area contributed by atoms with Gasteiger partial charge in [-0.15, -0.1) is 0 Å². The predicted molar refractivity (Wildman–Crippen MR) is 65.6 cm³/mol. The highest BCUT2D eigenvalue weighted by Crippen LogP contribution is 2.18. The van der Waals surface area contributed by atoms with Crippen molar-refractivity contribution in [3.05, 3.63) is 29.3 Å². The Balaban J connectivity index is 2.43. The van der Waals surface area contributed by atoms with Crippen LogP contribution in [0.5, 0.6) is 5.75 Å². The number of carbonyl (C=O) groups excluding carboxylic acids is 1. The van der Waals surface area contributed by atoms with Gasteiger partial charge in [0.2, 0.25) is 0 Å². The minimum absolute atomic E-state index is 0.140. The molecule has 0 amide bonds. The molecule has 0 bridgehead atoms. The molecule has 0 aliphatic carbocycles. The van der Waals surface area contributed by atoms with Crippen LogP contribution in [0.1, 0.15) is 37.8 Å². The monoisotopic (exact) mass is 220 g/mol. The van der Waals surface area contributed by atoms with E-state index in [0.29, 0.717) is 18.0 Å². The van der Waals surface area contributed by atoms with Gasteiger partial charge in [0.15, 0.2) is 0 Å². The maximum absolute atomic E-state index is 11.4. The number of Topliss-reactive ketones (excluding diaryl/α,β-unsaturated/α-hetero) is 1. The molecule has 0 heterocycles. The largest absolute Gasteiger partial charge is 0.508 e. The highest BCUT2D eigenvalue weighted by molar-refractivity contribution is 5.80. The van der Waals surface area contributed by atoms with Gasteiger partial charge in [0.25, 0.3) is 0 Å². The predicted octanol–water partition coefficient (Wildman–Crippen LogP) is 3.25. The number of benzene rings is 1. The summed E-state index contributed by atoms with van der Waals surface area (Å²) in [6.07, 6.45) is 2.44. The Morgan fingerprint density at radius 1 is 1.38 bits per heavy atom. The second kappa shape index (κ2) is 5.69. The van der Waals surface area contributed by atoms with E-state index >= 15 is 0 Å². The Morgan fingerprint density at radius 2 is 2.06 bits per heavy atom. The summed E-state index contributed by atoms with van der Waals surface area (Å²) in [4.78, 5) is 11.4. The van der Waals surface area contributed by atoms with Crippen LogP contribution >= 0.6 is 0 Å². The molecule has 88 valence electrons.